The predicted octanol–water partition coefficient (Wildman–Crippen LogP) is 4.03. The number of hydrogen-bond acceptors (Lipinski definition) is 3. The molecule has 2 aromatic rings. The Hall–Kier alpha value is -1.70. The first-order valence-electron chi connectivity index (χ1n) is 5.05. The molecule has 0 aliphatic carbocycles. The van der Waals surface area contributed by atoms with Crippen LogP contribution >= 0.6 is 22.9 Å². The van der Waals surface area contributed by atoms with Gasteiger partial charge in [0.1, 0.15) is 11.7 Å². The summed E-state index contributed by atoms with van der Waals surface area (Å²) in [6.45, 7) is 0. The van der Waals surface area contributed by atoms with Gasteiger partial charge < -0.3 is 0 Å². The fraction of sp³-hybridized carbons (Fsp3) is 0.0769. The lowest BCUT2D eigenvalue weighted by molar-refractivity contribution is 0.0978. The Kier molecular flexibility index (Phi) is 3.75. The normalized spacial score (nSPS) is 11.8. The monoisotopic (exact) mass is 279 g/mol. The number of hydrogen-bond donors (Lipinski definition) is 0. The Morgan fingerprint density at radius 3 is 2.78 bits per heavy atom. The van der Waals surface area contributed by atoms with Gasteiger partial charge in [0.2, 0.25) is 0 Å². The molecule has 1 aromatic heterocycles. The zero-order valence-electron chi connectivity index (χ0n) is 9.06. The number of benzene rings is 1. The van der Waals surface area contributed by atoms with Crippen molar-refractivity contribution in [1.29, 1.82) is 5.26 Å². The van der Waals surface area contributed by atoms with Crippen LogP contribution in [0.1, 0.15) is 21.8 Å². The summed E-state index contributed by atoms with van der Waals surface area (Å²) in [6, 6.07) is 7.51. The zero-order chi connectivity index (χ0) is 13.1. The first kappa shape index (κ1) is 12.7. The van der Waals surface area contributed by atoms with Gasteiger partial charge in [-0.15, -0.1) is 0 Å². The van der Waals surface area contributed by atoms with E-state index in [1.54, 1.807) is 16.8 Å². The average molecular weight is 280 g/mol. The second kappa shape index (κ2) is 5.30. The lowest BCUT2D eigenvalue weighted by Crippen LogP contribution is -2.12. The summed E-state index contributed by atoms with van der Waals surface area (Å²) < 4.78 is 13.7. The second-order valence-electron chi connectivity index (χ2n) is 3.57. The van der Waals surface area contributed by atoms with Gasteiger partial charge in [0, 0.05) is 21.5 Å². The lowest BCUT2D eigenvalue weighted by atomic mass is 9.92. The number of thiophene rings is 1. The summed E-state index contributed by atoms with van der Waals surface area (Å²) in [4.78, 5) is 12.1. The standard InChI is InChI=1S/C13H7ClFNOS/c14-10-2-1-3-11(15)12(10)9(6-16)13(17)8-4-5-18-7-8/h1-5,7,9H. The zero-order valence-corrected chi connectivity index (χ0v) is 10.6. The van der Waals surface area contributed by atoms with E-state index in [4.69, 9.17) is 16.9 Å². The topological polar surface area (TPSA) is 40.9 Å². The molecule has 0 aliphatic heterocycles. The molecule has 5 heteroatoms. The summed E-state index contributed by atoms with van der Waals surface area (Å²) in [7, 11) is 0. The van der Waals surface area contributed by atoms with Crippen LogP contribution in [0.4, 0.5) is 4.39 Å². The molecule has 0 radical (unpaired) electrons. The minimum atomic E-state index is -1.21. The SMILES string of the molecule is N#CC(C(=O)c1ccsc1)c1c(F)cccc1Cl. The molecule has 18 heavy (non-hydrogen) atoms. The minimum absolute atomic E-state index is 0.0575. The molecule has 1 heterocycles. The van der Waals surface area contributed by atoms with Crippen LogP contribution in [0, 0.1) is 17.1 Å². The third-order valence-electron chi connectivity index (χ3n) is 2.49. The molecule has 0 saturated carbocycles. The number of carbonyl (C=O) groups is 1. The van der Waals surface area contributed by atoms with Crippen molar-refractivity contribution in [2.24, 2.45) is 0 Å². The summed E-state index contributed by atoms with van der Waals surface area (Å²) >= 11 is 7.21. The molecule has 0 saturated heterocycles. The Morgan fingerprint density at radius 2 is 2.22 bits per heavy atom. The number of nitriles is 1. The minimum Gasteiger partial charge on any atom is -0.292 e. The summed E-state index contributed by atoms with van der Waals surface area (Å²) in [5.41, 5.74) is 0.337. The van der Waals surface area contributed by atoms with Gasteiger partial charge in [-0.25, -0.2) is 4.39 Å². The Bertz CT molecular complexity index is 598. The molecule has 2 rings (SSSR count). The second-order valence-corrected chi connectivity index (χ2v) is 4.76. The number of ketones is 1. The maximum Gasteiger partial charge on any atom is 0.185 e. The van der Waals surface area contributed by atoms with Gasteiger partial charge >= 0.3 is 0 Å². The lowest BCUT2D eigenvalue weighted by Gasteiger charge is -2.10. The van der Waals surface area contributed by atoms with E-state index in [2.05, 4.69) is 0 Å². The molecule has 2 nitrogen and oxygen atoms in total. The molecule has 0 amide bonds. The molecular formula is C13H7ClFNOS. The summed E-state index contributed by atoms with van der Waals surface area (Å²) in [5, 5.41) is 12.5. The number of halogens is 2. The molecule has 0 spiro atoms. The van der Waals surface area contributed by atoms with Crippen molar-refractivity contribution in [3.8, 4) is 6.07 Å². The van der Waals surface area contributed by atoms with E-state index in [0.29, 0.717) is 5.56 Å². The highest BCUT2D eigenvalue weighted by molar-refractivity contribution is 7.08. The number of rotatable bonds is 3. The molecule has 0 bridgehead atoms. The highest BCUT2D eigenvalue weighted by Gasteiger charge is 2.27. The van der Waals surface area contributed by atoms with E-state index >= 15 is 0 Å². The van der Waals surface area contributed by atoms with Crippen LogP contribution in [-0.2, 0) is 0 Å². The maximum absolute atomic E-state index is 13.7. The maximum atomic E-state index is 13.7. The quantitative estimate of drug-likeness (QED) is 0.796. The first-order chi connectivity index (χ1) is 8.65. The van der Waals surface area contributed by atoms with E-state index in [1.165, 1.54) is 29.5 Å². The van der Waals surface area contributed by atoms with Gasteiger partial charge in [-0.2, -0.15) is 16.6 Å². The van der Waals surface area contributed by atoms with Crippen molar-refractivity contribution in [3.05, 3.63) is 57.0 Å². The molecule has 90 valence electrons. The largest absolute Gasteiger partial charge is 0.292 e. The number of carbonyl (C=O) groups excluding carboxylic acids is 1. The van der Waals surface area contributed by atoms with Gasteiger partial charge in [-0.1, -0.05) is 17.7 Å². The summed E-state index contributed by atoms with van der Waals surface area (Å²) in [6.07, 6.45) is 0. The Balaban J connectivity index is 2.47. The molecule has 1 atom stereocenters. The Labute approximate surface area is 112 Å². The van der Waals surface area contributed by atoms with E-state index in [-0.39, 0.29) is 10.6 Å². The van der Waals surface area contributed by atoms with Crippen molar-refractivity contribution >= 4 is 28.7 Å². The highest BCUT2D eigenvalue weighted by atomic mass is 35.5. The van der Waals surface area contributed by atoms with Gasteiger partial charge in [0.25, 0.3) is 0 Å². The highest BCUT2D eigenvalue weighted by Crippen LogP contribution is 2.30. The third-order valence-corrected chi connectivity index (χ3v) is 3.50. The molecule has 0 fully saturated rings. The van der Waals surface area contributed by atoms with Gasteiger partial charge in [0.05, 0.1) is 6.07 Å². The average Bonchev–Trinajstić information content (AvgIpc) is 2.87. The Morgan fingerprint density at radius 1 is 1.44 bits per heavy atom. The fourth-order valence-electron chi connectivity index (χ4n) is 1.61. The predicted molar refractivity (Wildman–Crippen MR) is 68.4 cm³/mol. The molecular weight excluding hydrogens is 273 g/mol. The fourth-order valence-corrected chi connectivity index (χ4v) is 2.53. The van der Waals surface area contributed by atoms with Gasteiger partial charge in [-0.05, 0) is 23.6 Å². The van der Waals surface area contributed by atoms with Crippen LogP contribution in [0.15, 0.2) is 35.0 Å². The molecule has 0 aliphatic rings. The van der Waals surface area contributed by atoms with Crippen molar-refractivity contribution in [3.63, 3.8) is 0 Å². The van der Waals surface area contributed by atoms with Gasteiger partial charge in [-0.3, -0.25) is 4.79 Å². The van der Waals surface area contributed by atoms with Gasteiger partial charge in [0.15, 0.2) is 5.78 Å². The van der Waals surface area contributed by atoms with Crippen molar-refractivity contribution in [2.75, 3.05) is 0 Å². The van der Waals surface area contributed by atoms with Crippen molar-refractivity contribution in [2.45, 2.75) is 5.92 Å². The smallest absolute Gasteiger partial charge is 0.185 e. The van der Waals surface area contributed by atoms with Crippen molar-refractivity contribution in [1.82, 2.24) is 0 Å². The summed E-state index contributed by atoms with van der Waals surface area (Å²) in [5.74, 6) is -2.29. The van der Waals surface area contributed by atoms with Crippen LogP contribution in [0.2, 0.25) is 5.02 Å². The van der Waals surface area contributed by atoms with Crippen LogP contribution in [0.3, 0.4) is 0 Å². The van der Waals surface area contributed by atoms with E-state index < -0.39 is 17.5 Å². The van der Waals surface area contributed by atoms with Crippen LogP contribution < -0.4 is 0 Å². The van der Waals surface area contributed by atoms with E-state index in [9.17, 15) is 9.18 Å². The number of Topliss-reactive ketones (excluding diaryl/α,β-unsaturated/α-hetero) is 1. The van der Waals surface area contributed by atoms with Crippen molar-refractivity contribution < 1.29 is 9.18 Å². The van der Waals surface area contributed by atoms with Crippen LogP contribution in [0.5, 0.6) is 0 Å². The van der Waals surface area contributed by atoms with Crippen LogP contribution in [-0.4, -0.2) is 5.78 Å². The van der Waals surface area contributed by atoms with E-state index in [0.717, 1.165) is 0 Å². The first-order valence-corrected chi connectivity index (χ1v) is 6.37. The third kappa shape index (κ3) is 2.28. The molecule has 1 aromatic carbocycles. The van der Waals surface area contributed by atoms with Crippen LogP contribution in [0.25, 0.3) is 0 Å². The number of nitrogens with zero attached hydrogens (tertiary/aromatic N) is 1. The molecule has 1 unspecified atom stereocenters. The van der Waals surface area contributed by atoms with E-state index in [1.807, 2.05) is 6.07 Å². The molecule has 0 N–H and O–H groups in total.